The van der Waals surface area contributed by atoms with Crippen molar-refractivity contribution in [1.82, 2.24) is 4.90 Å². The number of ether oxygens (including phenoxy) is 1. The predicted octanol–water partition coefficient (Wildman–Crippen LogP) is 4.94. The molecule has 2 atom stereocenters. The Balaban J connectivity index is 1.38. The number of hydrogen-bond acceptors (Lipinski definition) is 3. The normalized spacial score (nSPS) is 21.5. The van der Waals surface area contributed by atoms with Gasteiger partial charge in [-0.3, -0.25) is 4.90 Å². The first kappa shape index (κ1) is 20.4. The summed E-state index contributed by atoms with van der Waals surface area (Å²) in [5.74, 6) is 0.318. The topological polar surface area (TPSA) is 32.7 Å². The Morgan fingerprint density at radius 2 is 1.55 bits per heavy atom. The molecule has 0 aromatic heterocycles. The van der Waals surface area contributed by atoms with Crippen molar-refractivity contribution in [2.75, 3.05) is 19.7 Å². The molecule has 1 N–H and O–H groups in total. The van der Waals surface area contributed by atoms with E-state index in [0.717, 1.165) is 32.5 Å². The van der Waals surface area contributed by atoms with Crippen molar-refractivity contribution < 1.29 is 9.84 Å². The van der Waals surface area contributed by atoms with Crippen molar-refractivity contribution in [2.45, 2.75) is 37.5 Å². The second kappa shape index (κ2) is 8.96. The minimum Gasteiger partial charge on any atom is -0.386 e. The van der Waals surface area contributed by atoms with Crippen molar-refractivity contribution in [3.63, 3.8) is 0 Å². The highest BCUT2D eigenvalue weighted by Crippen LogP contribution is 2.46. The molecular weight excluding hydrogens is 382 g/mol. The minimum atomic E-state index is -0.833. The van der Waals surface area contributed by atoms with Crippen LogP contribution in [0.1, 0.15) is 24.0 Å². The number of nitrogens with zero attached hydrogens (tertiary/aromatic N) is 1. The number of hydrogen-bond donors (Lipinski definition) is 1. The second-order valence-electron chi connectivity index (χ2n) is 9.05. The molecule has 3 nitrogen and oxygen atoms in total. The van der Waals surface area contributed by atoms with Crippen LogP contribution in [0.15, 0.2) is 84.9 Å². The quantitative estimate of drug-likeness (QED) is 0.596. The molecule has 0 spiro atoms. The molecule has 0 amide bonds. The number of benzene rings is 3. The highest BCUT2D eigenvalue weighted by atomic mass is 16.5. The smallest absolute Gasteiger partial charge is 0.0995 e. The molecule has 5 rings (SSSR count). The number of morpholine rings is 1. The third-order valence-corrected chi connectivity index (χ3v) is 6.82. The van der Waals surface area contributed by atoms with Gasteiger partial charge in [0.1, 0.15) is 0 Å². The molecule has 0 bridgehead atoms. The van der Waals surface area contributed by atoms with Gasteiger partial charge in [-0.1, -0.05) is 84.9 Å². The lowest BCUT2D eigenvalue weighted by molar-refractivity contribution is -0.154. The summed E-state index contributed by atoms with van der Waals surface area (Å²) in [7, 11) is 0. The van der Waals surface area contributed by atoms with Gasteiger partial charge >= 0.3 is 0 Å². The molecule has 1 aliphatic carbocycles. The highest BCUT2D eigenvalue weighted by Gasteiger charge is 2.51. The largest absolute Gasteiger partial charge is 0.386 e. The summed E-state index contributed by atoms with van der Waals surface area (Å²) < 4.78 is 6.24. The molecule has 160 valence electrons. The molecule has 1 heterocycles. The molecule has 3 aromatic rings. The molecule has 2 fully saturated rings. The van der Waals surface area contributed by atoms with E-state index in [0.29, 0.717) is 18.9 Å². The molecule has 1 saturated heterocycles. The second-order valence-corrected chi connectivity index (χ2v) is 9.05. The van der Waals surface area contributed by atoms with Crippen LogP contribution in [0.2, 0.25) is 0 Å². The van der Waals surface area contributed by atoms with E-state index in [1.807, 2.05) is 6.07 Å². The molecule has 0 radical (unpaired) electrons. The highest BCUT2D eigenvalue weighted by molar-refractivity contribution is 5.67. The third-order valence-electron chi connectivity index (χ3n) is 6.82. The summed E-state index contributed by atoms with van der Waals surface area (Å²) in [6, 6.07) is 29.6. The summed E-state index contributed by atoms with van der Waals surface area (Å²) in [6.07, 6.45) is 2.64. The standard InChI is InChI=1S/C28H31NO2/c30-28(25-15-16-25,19-24-13-7-8-14-26(24)23-11-5-2-6-12-23)27-21-29(17-18-31-27)20-22-9-3-1-4-10-22/h1-14,25,27,30H,15-21H2. The first-order valence-electron chi connectivity index (χ1n) is 11.5. The van der Waals surface area contributed by atoms with Gasteiger partial charge in [-0.15, -0.1) is 0 Å². The van der Waals surface area contributed by atoms with Gasteiger partial charge in [0.25, 0.3) is 0 Å². The fraction of sp³-hybridized carbons (Fsp3) is 0.357. The van der Waals surface area contributed by atoms with Crippen LogP contribution in [0, 0.1) is 5.92 Å². The van der Waals surface area contributed by atoms with Crippen molar-refractivity contribution in [2.24, 2.45) is 5.92 Å². The van der Waals surface area contributed by atoms with Gasteiger partial charge in [-0.25, -0.2) is 0 Å². The van der Waals surface area contributed by atoms with Gasteiger partial charge in [-0.05, 0) is 41.0 Å². The molecule has 2 unspecified atom stereocenters. The zero-order valence-electron chi connectivity index (χ0n) is 18.0. The molecular formula is C28H31NO2. The van der Waals surface area contributed by atoms with E-state index in [9.17, 15) is 5.11 Å². The number of rotatable bonds is 7. The van der Waals surface area contributed by atoms with E-state index >= 15 is 0 Å². The molecule has 1 saturated carbocycles. The Bertz CT molecular complexity index is 986. The fourth-order valence-corrected chi connectivity index (χ4v) is 4.97. The van der Waals surface area contributed by atoms with Gasteiger partial charge in [0.05, 0.1) is 18.3 Å². The average Bonchev–Trinajstić information content (AvgIpc) is 3.67. The van der Waals surface area contributed by atoms with E-state index in [1.165, 1.54) is 22.3 Å². The van der Waals surface area contributed by atoms with E-state index in [2.05, 4.69) is 83.8 Å². The summed E-state index contributed by atoms with van der Waals surface area (Å²) in [6.45, 7) is 3.26. The van der Waals surface area contributed by atoms with Gasteiger partial charge in [-0.2, -0.15) is 0 Å². The summed E-state index contributed by atoms with van der Waals surface area (Å²) >= 11 is 0. The lowest BCUT2D eigenvalue weighted by Crippen LogP contribution is -2.56. The lowest BCUT2D eigenvalue weighted by atomic mass is 9.81. The third kappa shape index (κ3) is 4.59. The average molecular weight is 414 g/mol. The maximum Gasteiger partial charge on any atom is 0.0995 e. The van der Waals surface area contributed by atoms with E-state index < -0.39 is 5.60 Å². The maximum atomic E-state index is 12.0. The summed E-state index contributed by atoms with van der Waals surface area (Å²) in [5.41, 5.74) is 4.09. The Morgan fingerprint density at radius 1 is 0.871 bits per heavy atom. The molecule has 3 heteroatoms. The Morgan fingerprint density at radius 3 is 2.29 bits per heavy atom. The van der Waals surface area contributed by atoms with Crippen LogP contribution in [0.4, 0.5) is 0 Å². The van der Waals surface area contributed by atoms with Gasteiger partial charge < -0.3 is 9.84 Å². The Hall–Kier alpha value is -2.46. The molecule has 1 aliphatic heterocycles. The van der Waals surface area contributed by atoms with Crippen LogP contribution >= 0.6 is 0 Å². The van der Waals surface area contributed by atoms with Crippen LogP contribution in [0.3, 0.4) is 0 Å². The van der Waals surface area contributed by atoms with Crippen molar-refractivity contribution in [1.29, 1.82) is 0 Å². The van der Waals surface area contributed by atoms with Crippen LogP contribution in [0.5, 0.6) is 0 Å². The molecule has 2 aliphatic rings. The molecule has 3 aromatic carbocycles. The van der Waals surface area contributed by atoms with Crippen LogP contribution in [0.25, 0.3) is 11.1 Å². The van der Waals surface area contributed by atoms with Crippen molar-refractivity contribution in [3.05, 3.63) is 96.1 Å². The van der Waals surface area contributed by atoms with Crippen LogP contribution in [-0.4, -0.2) is 41.4 Å². The zero-order chi connectivity index (χ0) is 21.1. The van der Waals surface area contributed by atoms with Gasteiger partial charge in [0.15, 0.2) is 0 Å². The van der Waals surface area contributed by atoms with Crippen LogP contribution < -0.4 is 0 Å². The maximum absolute atomic E-state index is 12.0. The Labute approximate surface area is 185 Å². The van der Waals surface area contributed by atoms with E-state index in [-0.39, 0.29) is 6.10 Å². The van der Waals surface area contributed by atoms with Gasteiger partial charge in [0, 0.05) is 26.1 Å². The first-order valence-corrected chi connectivity index (χ1v) is 11.5. The van der Waals surface area contributed by atoms with Crippen LogP contribution in [-0.2, 0) is 17.7 Å². The summed E-state index contributed by atoms with van der Waals surface area (Å²) in [4.78, 5) is 2.43. The number of aliphatic hydroxyl groups is 1. The SMILES string of the molecule is OC(Cc1ccccc1-c1ccccc1)(C1CC1)C1CN(Cc2ccccc2)CCO1. The predicted molar refractivity (Wildman–Crippen MR) is 125 cm³/mol. The summed E-state index contributed by atoms with van der Waals surface area (Å²) in [5, 5.41) is 12.0. The minimum absolute atomic E-state index is 0.165. The fourth-order valence-electron chi connectivity index (χ4n) is 4.97. The molecule has 31 heavy (non-hydrogen) atoms. The van der Waals surface area contributed by atoms with Crippen molar-refractivity contribution >= 4 is 0 Å². The van der Waals surface area contributed by atoms with Crippen molar-refractivity contribution in [3.8, 4) is 11.1 Å². The van der Waals surface area contributed by atoms with Gasteiger partial charge in [0.2, 0.25) is 0 Å². The monoisotopic (exact) mass is 413 g/mol. The zero-order valence-corrected chi connectivity index (χ0v) is 18.0. The Kier molecular flexibility index (Phi) is 5.91. The first-order chi connectivity index (χ1) is 15.2. The lowest BCUT2D eigenvalue weighted by Gasteiger charge is -2.43. The van der Waals surface area contributed by atoms with E-state index in [4.69, 9.17) is 4.74 Å². The van der Waals surface area contributed by atoms with E-state index in [1.54, 1.807) is 0 Å².